The summed E-state index contributed by atoms with van der Waals surface area (Å²) in [6.45, 7) is 9.40. The molecule has 0 aliphatic rings. The van der Waals surface area contributed by atoms with E-state index in [-0.39, 0.29) is 0 Å². The fraction of sp³-hybridized carbons (Fsp3) is 0.250. The van der Waals surface area contributed by atoms with Gasteiger partial charge in [-0.15, -0.1) is 0 Å². The van der Waals surface area contributed by atoms with Gasteiger partial charge in [0.25, 0.3) is 0 Å². The molecule has 3 rings (SSSR count). The fourth-order valence-electron chi connectivity index (χ4n) is 2.52. The Labute approximate surface area is 131 Å². The Morgan fingerprint density at radius 2 is 1.14 bits per heavy atom. The summed E-state index contributed by atoms with van der Waals surface area (Å²) in [4.78, 5) is 0. The summed E-state index contributed by atoms with van der Waals surface area (Å²) < 4.78 is 14.3. The van der Waals surface area contributed by atoms with Crippen LogP contribution in [0.4, 0.5) is 0 Å². The molecule has 0 fully saturated rings. The summed E-state index contributed by atoms with van der Waals surface area (Å²) in [5.41, 5.74) is 0. The van der Waals surface area contributed by atoms with E-state index >= 15 is 0 Å². The van der Waals surface area contributed by atoms with Crippen molar-refractivity contribution < 1.29 is 8.83 Å². The summed E-state index contributed by atoms with van der Waals surface area (Å²) >= 11 is 1.95. The third-order valence-corrected chi connectivity index (χ3v) is 14.3. The van der Waals surface area contributed by atoms with Crippen molar-refractivity contribution in [3.05, 3.63) is 48.9 Å². The molecule has 3 aromatic rings. The van der Waals surface area contributed by atoms with E-state index in [1.807, 2.05) is 23.5 Å². The van der Waals surface area contributed by atoms with Crippen molar-refractivity contribution in [1.82, 2.24) is 0 Å². The molecule has 0 spiro atoms. The Kier molecular flexibility index (Phi) is 3.59. The monoisotopic (exact) mass is 332 g/mol. The molecule has 0 bridgehead atoms. The second-order valence-electron chi connectivity index (χ2n) is 6.37. The van der Waals surface area contributed by atoms with Crippen LogP contribution in [0, 0.1) is 0 Å². The van der Waals surface area contributed by atoms with Gasteiger partial charge in [0.2, 0.25) is 0 Å². The maximum Gasteiger partial charge on any atom is 0.169 e. The highest BCUT2D eigenvalue weighted by Gasteiger charge is 2.35. The molecule has 0 saturated heterocycles. The molecular formula is C16H20O2SSi2. The predicted octanol–water partition coefficient (Wildman–Crippen LogP) is 2.58. The van der Waals surface area contributed by atoms with Crippen molar-refractivity contribution in [2.45, 2.75) is 26.2 Å². The molecule has 0 N–H and O–H groups in total. The summed E-state index contributed by atoms with van der Waals surface area (Å²) in [5, 5.41) is 2.29. The van der Waals surface area contributed by atoms with E-state index in [4.69, 9.17) is 8.83 Å². The van der Waals surface area contributed by atoms with Crippen LogP contribution >= 0.6 is 11.3 Å². The standard InChI is InChI=1S/C16H20O2SSi2/c1-20(2,13-7-5-11-17-13)15-9-10-16(19-15)21(3,4)14-8-6-12-18-14/h5-12H,1-4H3. The molecule has 0 aromatic carbocycles. The van der Waals surface area contributed by atoms with Crippen LogP contribution in [0.2, 0.25) is 26.2 Å². The minimum atomic E-state index is -1.70. The van der Waals surface area contributed by atoms with Gasteiger partial charge in [-0.3, -0.25) is 0 Å². The van der Waals surface area contributed by atoms with Crippen LogP contribution < -0.4 is 19.8 Å². The maximum atomic E-state index is 5.68. The van der Waals surface area contributed by atoms with Crippen LogP contribution in [0.15, 0.2) is 57.8 Å². The van der Waals surface area contributed by atoms with Crippen LogP contribution in [0.1, 0.15) is 0 Å². The van der Waals surface area contributed by atoms with Gasteiger partial charge in [-0.05, 0) is 33.3 Å². The first-order valence-corrected chi connectivity index (χ1v) is 13.9. The van der Waals surface area contributed by atoms with Gasteiger partial charge in [-0.2, -0.15) is 11.3 Å². The molecular weight excluding hydrogens is 312 g/mol. The Hall–Kier alpha value is -1.31. The second-order valence-corrected chi connectivity index (χ2v) is 16.7. The minimum Gasteiger partial charge on any atom is -0.474 e. The van der Waals surface area contributed by atoms with E-state index in [9.17, 15) is 0 Å². The summed E-state index contributed by atoms with van der Waals surface area (Å²) in [6.07, 6.45) is 3.56. The Morgan fingerprint density at radius 1 is 0.714 bits per heavy atom. The van der Waals surface area contributed by atoms with Crippen molar-refractivity contribution in [2.24, 2.45) is 0 Å². The molecule has 0 atom stereocenters. The van der Waals surface area contributed by atoms with Gasteiger partial charge < -0.3 is 8.83 Å². The molecule has 0 aliphatic heterocycles. The number of hydrogen-bond donors (Lipinski definition) is 0. The zero-order valence-corrected chi connectivity index (χ0v) is 15.7. The molecule has 0 unspecified atom stereocenters. The van der Waals surface area contributed by atoms with Crippen molar-refractivity contribution in [2.75, 3.05) is 0 Å². The van der Waals surface area contributed by atoms with Gasteiger partial charge >= 0.3 is 0 Å². The van der Waals surface area contributed by atoms with Crippen LogP contribution in [-0.2, 0) is 0 Å². The molecule has 0 radical (unpaired) electrons. The highest BCUT2D eigenvalue weighted by Crippen LogP contribution is 2.13. The Balaban J connectivity index is 1.97. The SMILES string of the molecule is C[Si](C)(c1ccco1)c1ccc([Si](C)(C)c2ccco2)s1. The number of rotatable bonds is 4. The van der Waals surface area contributed by atoms with E-state index in [1.54, 1.807) is 12.5 Å². The van der Waals surface area contributed by atoms with Gasteiger partial charge in [0.15, 0.2) is 16.1 Å². The normalized spacial score (nSPS) is 12.8. The molecule has 0 aliphatic carbocycles. The van der Waals surface area contributed by atoms with Gasteiger partial charge in [-0.25, -0.2) is 0 Å². The Bertz CT molecular complexity index is 649. The number of furan rings is 2. The van der Waals surface area contributed by atoms with Gasteiger partial charge in [0.05, 0.1) is 23.3 Å². The maximum absolute atomic E-state index is 5.68. The lowest BCUT2D eigenvalue weighted by Gasteiger charge is -2.19. The van der Waals surface area contributed by atoms with Crippen molar-refractivity contribution in [3.8, 4) is 0 Å². The van der Waals surface area contributed by atoms with Crippen molar-refractivity contribution in [3.63, 3.8) is 0 Å². The number of thiophene rings is 1. The lowest BCUT2D eigenvalue weighted by Crippen LogP contribution is -2.53. The van der Waals surface area contributed by atoms with E-state index in [1.165, 1.54) is 9.00 Å². The summed E-state index contributed by atoms with van der Waals surface area (Å²) in [6, 6.07) is 12.8. The molecule has 0 saturated carbocycles. The zero-order valence-electron chi connectivity index (χ0n) is 12.8. The summed E-state index contributed by atoms with van der Waals surface area (Å²) in [7, 11) is -3.41. The lowest BCUT2D eigenvalue weighted by atomic mass is 10.7. The molecule has 2 nitrogen and oxygen atoms in total. The summed E-state index contributed by atoms with van der Waals surface area (Å²) in [5.74, 6) is 0. The first-order valence-electron chi connectivity index (χ1n) is 7.11. The third-order valence-electron chi connectivity index (χ3n) is 4.11. The Morgan fingerprint density at radius 3 is 1.48 bits per heavy atom. The highest BCUT2D eigenvalue weighted by molar-refractivity contribution is 7.38. The average Bonchev–Trinajstić information content (AvgIpc) is 3.19. The lowest BCUT2D eigenvalue weighted by molar-refractivity contribution is 0.598. The average molecular weight is 333 g/mol. The van der Waals surface area contributed by atoms with Gasteiger partial charge in [0.1, 0.15) is 0 Å². The van der Waals surface area contributed by atoms with Gasteiger partial charge in [-0.1, -0.05) is 38.3 Å². The van der Waals surface area contributed by atoms with Crippen molar-refractivity contribution in [1.29, 1.82) is 0 Å². The van der Waals surface area contributed by atoms with Crippen LogP contribution in [-0.4, -0.2) is 16.1 Å². The molecule has 110 valence electrons. The second kappa shape index (κ2) is 5.16. The molecule has 21 heavy (non-hydrogen) atoms. The molecule has 3 aromatic heterocycles. The number of hydrogen-bond acceptors (Lipinski definition) is 3. The quantitative estimate of drug-likeness (QED) is 0.687. The molecule has 3 heterocycles. The first kappa shape index (κ1) is 14.6. The van der Waals surface area contributed by atoms with Crippen LogP contribution in [0.3, 0.4) is 0 Å². The minimum absolute atomic E-state index is 1.15. The third kappa shape index (κ3) is 2.50. The van der Waals surface area contributed by atoms with E-state index in [0.717, 1.165) is 10.8 Å². The molecule has 5 heteroatoms. The first-order chi connectivity index (χ1) is 9.92. The highest BCUT2D eigenvalue weighted by atomic mass is 32.1. The largest absolute Gasteiger partial charge is 0.474 e. The van der Waals surface area contributed by atoms with E-state index in [0.29, 0.717) is 0 Å². The smallest absolute Gasteiger partial charge is 0.169 e. The zero-order chi connectivity index (χ0) is 15.1. The van der Waals surface area contributed by atoms with E-state index < -0.39 is 16.1 Å². The molecule has 0 amide bonds. The van der Waals surface area contributed by atoms with Crippen LogP contribution in [0.25, 0.3) is 0 Å². The topological polar surface area (TPSA) is 26.3 Å². The van der Waals surface area contributed by atoms with Crippen molar-refractivity contribution >= 4 is 47.3 Å². The van der Waals surface area contributed by atoms with Crippen LogP contribution in [0.5, 0.6) is 0 Å². The van der Waals surface area contributed by atoms with Gasteiger partial charge in [0, 0.05) is 0 Å². The van der Waals surface area contributed by atoms with E-state index in [2.05, 4.69) is 50.5 Å². The fourth-order valence-corrected chi connectivity index (χ4v) is 9.88. The predicted molar refractivity (Wildman–Crippen MR) is 95.2 cm³/mol.